The number of para-hydroxylation sites is 2. The Morgan fingerprint density at radius 1 is 0.964 bits per heavy atom. The minimum absolute atomic E-state index is 0.0744. The Morgan fingerprint density at radius 2 is 1.68 bits per heavy atom. The van der Waals surface area contributed by atoms with E-state index in [1.165, 1.54) is 4.40 Å². The Bertz CT molecular complexity index is 1290. The van der Waals surface area contributed by atoms with Crippen LogP contribution in [-0.4, -0.2) is 9.38 Å². The van der Waals surface area contributed by atoms with Gasteiger partial charge in [-0.25, -0.2) is 4.98 Å². The number of nitrogens with zero attached hydrogens (tertiary/aromatic N) is 4. The number of pyridine rings is 1. The molecular formula is C20H10F3N5. The third-order valence-electron chi connectivity index (χ3n) is 4.28. The number of anilines is 2. The number of rotatable bonds is 2. The number of imidazole rings is 1. The summed E-state index contributed by atoms with van der Waals surface area (Å²) in [5.74, 6) is 0.111. The summed E-state index contributed by atoms with van der Waals surface area (Å²) in [7, 11) is 0. The molecule has 0 aliphatic carbocycles. The van der Waals surface area contributed by atoms with Crippen LogP contribution in [0.4, 0.5) is 24.7 Å². The number of alkyl halides is 3. The fraction of sp³-hybridized carbons (Fsp3) is 0.0500. The summed E-state index contributed by atoms with van der Waals surface area (Å²) in [4.78, 5) is 4.25. The molecule has 2 aromatic carbocycles. The van der Waals surface area contributed by atoms with Crippen LogP contribution in [0.5, 0.6) is 0 Å². The van der Waals surface area contributed by atoms with Crippen molar-refractivity contribution in [3.63, 3.8) is 0 Å². The highest BCUT2D eigenvalue weighted by atomic mass is 19.4. The maximum Gasteiger partial charge on any atom is 0.417 e. The molecule has 4 rings (SSSR count). The Morgan fingerprint density at radius 3 is 2.32 bits per heavy atom. The molecule has 2 aromatic heterocycles. The fourth-order valence-electron chi connectivity index (χ4n) is 3.03. The maximum atomic E-state index is 13.6. The second-order valence-corrected chi connectivity index (χ2v) is 6.00. The fourth-order valence-corrected chi connectivity index (χ4v) is 3.03. The summed E-state index contributed by atoms with van der Waals surface area (Å²) < 4.78 is 42.2. The first-order valence-electron chi connectivity index (χ1n) is 8.11. The summed E-state index contributed by atoms with van der Waals surface area (Å²) in [5.41, 5.74) is 0.299. The number of benzene rings is 2. The monoisotopic (exact) mass is 377 g/mol. The van der Waals surface area contributed by atoms with E-state index in [-0.39, 0.29) is 11.5 Å². The van der Waals surface area contributed by atoms with Crippen LogP contribution in [0.25, 0.3) is 16.7 Å². The number of halogens is 3. The van der Waals surface area contributed by atoms with Gasteiger partial charge in [-0.2, -0.15) is 23.7 Å². The van der Waals surface area contributed by atoms with Crippen molar-refractivity contribution >= 4 is 28.2 Å². The average Bonchev–Trinajstić information content (AvgIpc) is 3.07. The van der Waals surface area contributed by atoms with Crippen molar-refractivity contribution in [1.82, 2.24) is 9.38 Å². The van der Waals surface area contributed by atoms with E-state index in [2.05, 4.69) is 10.3 Å². The molecule has 0 saturated carbocycles. The van der Waals surface area contributed by atoms with E-state index < -0.39 is 17.3 Å². The predicted octanol–water partition coefficient (Wildman–Crippen LogP) is 4.99. The van der Waals surface area contributed by atoms with Gasteiger partial charge in [0.2, 0.25) is 0 Å². The Balaban J connectivity index is 2.03. The number of fused-ring (bicyclic) bond motifs is 3. The smallest absolute Gasteiger partial charge is 0.341 e. The Hall–Kier alpha value is -4.04. The largest absolute Gasteiger partial charge is 0.417 e. The summed E-state index contributed by atoms with van der Waals surface area (Å²) in [6.45, 7) is 0. The highest BCUT2D eigenvalue weighted by molar-refractivity contribution is 5.86. The minimum Gasteiger partial charge on any atom is -0.341 e. The molecule has 0 aliphatic heterocycles. The molecular weight excluding hydrogens is 367 g/mol. The van der Waals surface area contributed by atoms with Gasteiger partial charge in [-0.05, 0) is 42.5 Å². The SMILES string of the molecule is N#Cc1ccc(Nc2cc(C(F)(F)F)c(C#N)c3nc4ccccc4n23)cc1. The second-order valence-electron chi connectivity index (χ2n) is 6.00. The van der Waals surface area contributed by atoms with Gasteiger partial charge in [0.05, 0.1) is 28.2 Å². The lowest BCUT2D eigenvalue weighted by atomic mass is 10.1. The zero-order chi connectivity index (χ0) is 19.9. The molecule has 136 valence electrons. The molecule has 28 heavy (non-hydrogen) atoms. The van der Waals surface area contributed by atoms with Crippen molar-refractivity contribution in [2.24, 2.45) is 0 Å². The number of aromatic nitrogens is 2. The van der Waals surface area contributed by atoms with Crippen molar-refractivity contribution < 1.29 is 13.2 Å². The van der Waals surface area contributed by atoms with Crippen molar-refractivity contribution in [1.29, 1.82) is 10.5 Å². The molecule has 0 aliphatic rings. The maximum absolute atomic E-state index is 13.6. The van der Waals surface area contributed by atoms with Gasteiger partial charge in [-0.1, -0.05) is 12.1 Å². The van der Waals surface area contributed by atoms with Gasteiger partial charge < -0.3 is 5.32 Å². The highest BCUT2D eigenvalue weighted by Crippen LogP contribution is 2.37. The van der Waals surface area contributed by atoms with Crippen LogP contribution in [0, 0.1) is 22.7 Å². The van der Waals surface area contributed by atoms with E-state index in [0.29, 0.717) is 22.3 Å². The molecule has 4 aromatic rings. The highest BCUT2D eigenvalue weighted by Gasteiger charge is 2.36. The van der Waals surface area contributed by atoms with Crippen molar-refractivity contribution in [3.8, 4) is 12.1 Å². The third kappa shape index (κ3) is 2.78. The molecule has 0 spiro atoms. The molecule has 0 atom stereocenters. The summed E-state index contributed by atoms with van der Waals surface area (Å²) in [6, 6.07) is 17.7. The van der Waals surface area contributed by atoms with Crippen molar-refractivity contribution in [3.05, 3.63) is 71.3 Å². The lowest BCUT2D eigenvalue weighted by Crippen LogP contribution is -2.12. The number of hydrogen-bond donors (Lipinski definition) is 1. The molecule has 5 nitrogen and oxygen atoms in total. The standard InChI is InChI=1S/C20H10F3N5/c21-20(22,23)15-9-18(26-13-7-5-12(10-24)6-8-13)28-17-4-2-1-3-16(17)27-19(28)14(15)11-25/h1-9,26H. The minimum atomic E-state index is -4.72. The summed E-state index contributed by atoms with van der Waals surface area (Å²) >= 11 is 0. The summed E-state index contributed by atoms with van der Waals surface area (Å²) in [6.07, 6.45) is -4.72. The van der Waals surface area contributed by atoms with Crippen molar-refractivity contribution in [2.45, 2.75) is 6.18 Å². The van der Waals surface area contributed by atoms with E-state index in [1.54, 1.807) is 54.6 Å². The molecule has 0 fully saturated rings. The van der Waals surface area contributed by atoms with Crippen LogP contribution in [0.1, 0.15) is 16.7 Å². The molecule has 0 radical (unpaired) electrons. The molecule has 2 heterocycles. The van der Waals surface area contributed by atoms with Crippen LogP contribution in [0.2, 0.25) is 0 Å². The van der Waals surface area contributed by atoms with Gasteiger partial charge in [0.1, 0.15) is 17.5 Å². The average molecular weight is 377 g/mol. The Kier molecular flexibility index (Phi) is 3.90. The van der Waals surface area contributed by atoms with Gasteiger partial charge >= 0.3 is 6.18 Å². The van der Waals surface area contributed by atoms with E-state index in [4.69, 9.17) is 5.26 Å². The molecule has 0 amide bonds. The van der Waals surface area contributed by atoms with Crippen LogP contribution in [-0.2, 0) is 6.18 Å². The lowest BCUT2D eigenvalue weighted by molar-refractivity contribution is -0.137. The zero-order valence-corrected chi connectivity index (χ0v) is 14.1. The number of nitrogens with one attached hydrogen (secondary N) is 1. The summed E-state index contributed by atoms with van der Waals surface area (Å²) in [5, 5.41) is 21.2. The van der Waals surface area contributed by atoms with Crippen molar-refractivity contribution in [2.75, 3.05) is 5.32 Å². The topological polar surface area (TPSA) is 76.9 Å². The van der Waals surface area contributed by atoms with Gasteiger partial charge in [-0.3, -0.25) is 4.40 Å². The first-order chi connectivity index (χ1) is 13.4. The van der Waals surface area contributed by atoms with Gasteiger partial charge in [0, 0.05) is 5.69 Å². The first-order valence-corrected chi connectivity index (χ1v) is 8.11. The molecule has 0 saturated heterocycles. The third-order valence-corrected chi connectivity index (χ3v) is 4.28. The number of hydrogen-bond acceptors (Lipinski definition) is 4. The first kappa shape index (κ1) is 17.4. The molecule has 0 bridgehead atoms. The van der Waals surface area contributed by atoms with E-state index in [1.807, 2.05) is 6.07 Å². The van der Waals surface area contributed by atoms with Gasteiger partial charge in [-0.15, -0.1) is 0 Å². The van der Waals surface area contributed by atoms with E-state index >= 15 is 0 Å². The molecule has 8 heteroatoms. The van der Waals surface area contributed by atoms with E-state index in [0.717, 1.165) is 6.07 Å². The number of nitriles is 2. The normalized spacial score (nSPS) is 11.3. The second kappa shape index (κ2) is 6.29. The van der Waals surface area contributed by atoms with Crippen LogP contribution < -0.4 is 5.32 Å². The van der Waals surface area contributed by atoms with Gasteiger partial charge in [0.25, 0.3) is 0 Å². The predicted molar refractivity (Wildman–Crippen MR) is 96.9 cm³/mol. The van der Waals surface area contributed by atoms with Crippen LogP contribution in [0.15, 0.2) is 54.6 Å². The quantitative estimate of drug-likeness (QED) is 0.534. The zero-order valence-electron chi connectivity index (χ0n) is 14.1. The molecule has 1 N–H and O–H groups in total. The van der Waals surface area contributed by atoms with Crippen LogP contribution >= 0.6 is 0 Å². The van der Waals surface area contributed by atoms with Crippen LogP contribution in [0.3, 0.4) is 0 Å². The van der Waals surface area contributed by atoms with Gasteiger partial charge in [0.15, 0.2) is 5.65 Å². The molecule has 0 unspecified atom stereocenters. The van der Waals surface area contributed by atoms with E-state index in [9.17, 15) is 18.4 Å². The Labute approximate surface area is 156 Å². The lowest BCUT2D eigenvalue weighted by Gasteiger charge is -2.15.